The number of rotatable bonds is 3. The van der Waals surface area contributed by atoms with Crippen molar-refractivity contribution in [1.82, 2.24) is 9.78 Å². The Bertz CT molecular complexity index is 1290. The summed E-state index contributed by atoms with van der Waals surface area (Å²) in [6.07, 6.45) is -10.5. The Hall–Kier alpha value is -3.58. The summed E-state index contributed by atoms with van der Waals surface area (Å²) in [5.74, 6) is -12.0. The molecule has 1 heterocycles. The van der Waals surface area contributed by atoms with Crippen LogP contribution in [0.3, 0.4) is 0 Å². The summed E-state index contributed by atoms with van der Waals surface area (Å²) in [5.41, 5.74) is -9.27. The van der Waals surface area contributed by atoms with E-state index in [4.69, 9.17) is 0 Å². The summed E-state index contributed by atoms with van der Waals surface area (Å²) >= 11 is 0. The zero-order valence-electron chi connectivity index (χ0n) is 15.9. The second-order valence-corrected chi connectivity index (χ2v) is 6.63. The van der Waals surface area contributed by atoms with Crippen molar-refractivity contribution in [3.05, 3.63) is 85.8 Å². The number of carbonyl (C=O) groups excluding carboxylic acids is 1. The molecule has 0 atom stereocenters. The van der Waals surface area contributed by atoms with Gasteiger partial charge in [0.25, 0.3) is 5.56 Å². The van der Waals surface area contributed by atoms with Crippen LogP contribution in [0.1, 0.15) is 32.7 Å². The van der Waals surface area contributed by atoms with Gasteiger partial charge >= 0.3 is 12.4 Å². The molecule has 0 aliphatic carbocycles. The number of halogens is 10. The van der Waals surface area contributed by atoms with E-state index in [-0.39, 0.29) is 4.68 Å². The zero-order chi connectivity index (χ0) is 25.0. The molecule has 0 saturated carbocycles. The van der Waals surface area contributed by atoms with E-state index in [9.17, 15) is 53.5 Å². The predicted molar refractivity (Wildman–Crippen MR) is 90.8 cm³/mol. The number of hydrogen-bond donors (Lipinski definition) is 1. The lowest BCUT2D eigenvalue weighted by atomic mass is 10.0. The number of carbonyl (C=O) groups is 1. The third-order valence-electron chi connectivity index (χ3n) is 4.52. The fourth-order valence-electron chi connectivity index (χ4n) is 2.99. The Kier molecular flexibility index (Phi) is 5.67. The molecule has 0 unspecified atom stereocenters. The van der Waals surface area contributed by atoms with E-state index in [0.717, 1.165) is 6.92 Å². The van der Waals surface area contributed by atoms with Crippen molar-refractivity contribution in [3.63, 3.8) is 0 Å². The zero-order valence-corrected chi connectivity index (χ0v) is 15.9. The highest BCUT2D eigenvalue weighted by atomic mass is 19.4. The topological polar surface area (TPSA) is 54.9 Å². The highest BCUT2D eigenvalue weighted by Gasteiger charge is 2.43. The van der Waals surface area contributed by atoms with Gasteiger partial charge in [-0.05, 0) is 19.1 Å². The van der Waals surface area contributed by atoms with Gasteiger partial charge < -0.3 is 0 Å². The average molecular weight is 486 g/mol. The van der Waals surface area contributed by atoms with Crippen LogP contribution in [-0.4, -0.2) is 15.6 Å². The Morgan fingerprint density at radius 2 is 1.30 bits per heavy atom. The van der Waals surface area contributed by atoms with E-state index >= 15 is 0 Å². The van der Waals surface area contributed by atoms with Gasteiger partial charge in [0.2, 0.25) is 0 Å². The minimum Gasteiger partial charge on any atom is -0.294 e. The van der Waals surface area contributed by atoms with Crippen LogP contribution in [0.2, 0.25) is 0 Å². The van der Waals surface area contributed by atoms with Crippen LogP contribution < -0.4 is 5.56 Å². The molecule has 1 N–H and O–H groups in total. The number of hydrogen-bond acceptors (Lipinski definition) is 2. The molecular weight excluding hydrogens is 478 g/mol. The highest BCUT2D eigenvalue weighted by Crippen LogP contribution is 2.37. The second-order valence-electron chi connectivity index (χ2n) is 6.63. The van der Waals surface area contributed by atoms with Crippen LogP contribution in [0.15, 0.2) is 29.1 Å². The van der Waals surface area contributed by atoms with Crippen molar-refractivity contribution in [1.29, 1.82) is 0 Å². The average Bonchev–Trinajstić information content (AvgIpc) is 2.98. The monoisotopic (exact) mass is 486 g/mol. The molecule has 4 nitrogen and oxygen atoms in total. The first-order chi connectivity index (χ1) is 15.1. The summed E-state index contributed by atoms with van der Waals surface area (Å²) in [6, 6.07) is 2.46. The Balaban J connectivity index is 2.17. The molecule has 3 rings (SSSR count). The van der Waals surface area contributed by atoms with Crippen molar-refractivity contribution in [2.45, 2.75) is 19.3 Å². The normalized spacial score (nSPS) is 12.3. The van der Waals surface area contributed by atoms with E-state index in [2.05, 4.69) is 0 Å². The van der Waals surface area contributed by atoms with E-state index in [1.165, 1.54) is 0 Å². The van der Waals surface area contributed by atoms with Crippen molar-refractivity contribution in [3.8, 4) is 5.69 Å². The number of ketones is 1. The molecule has 0 fully saturated rings. The lowest BCUT2D eigenvalue weighted by molar-refractivity contribution is -0.143. The molecule has 0 radical (unpaired) electrons. The van der Waals surface area contributed by atoms with Gasteiger partial charge in [-0.15, -0.1) is 0 Å². The van der Waals surface area contributed by atoms with Crippen LogP contribution >= 0.6 is 0 Å². The number of benzene rings is 2. The van der Waals surface area contributed by atoms with Gasteiger partial charge in [0.05, 0.1) is 5.56 Å². The van der Waals surface area contributed by atoms with Crippen molar-refractivity contribution < 1.29 is 48.7 Å². The molecular formula is C19H8F10N2O2. The molecule has 0 saturated heterocycles. The number of aryl methyl sites for hydroxylation is 1. The maximum Gasteiger partial charge on any atom is 0.422 e. The molecule has 3 aromatic rings. The van der Waals surface area contributed by atoms with Crippen molar-refractivity contribution >= 4 is 5.78 Å². The third-order valence-corrected chi connectivity index (χ3v) is 4.52. The number of alkyl halides is 6. The highest BCUT2D eigenvalue weighted by molar-refractivity contribution is 6.09. The van der Waals surface area contributed by atoms with Crippen LogP contribution in [-0.2, 0) is 12.4 Å². The van der Waals surface area contributed by atoms with E-state index in [1.54, 1.807) is 0 Å². The van der Waals surface area contributed by atoms with Gasteiger partial charge in [-0.2, -0.15) is 26.3 Å². The minimum atomic E-state index is -5.81. The number of aromatic nitrogens is 2. The molecule has 0 aliphatic heterocycles. The van der Waals surface area contributed by atoms with Gasteiger partial charge in [0, 0.05) is 11.3 Å². The molecule has 0 bridgehead atoms. The number of nitrogens with one attached hydrogen (secondary N) is 1. The predicted octanol–water partition coefficient (Wildman–Crippen LogP) is 5.30. The molecule has 14 heteroatoms. The number of nitrogens with zero attached hydrogens (tertiary/aromatic N) is 1. The third kappa shape index (κ3) is 4.00. The number of aromatic amines is 1. The summed E-state index contributed by atoms with van der Waals surface area (Å²) in [5, 5.41) is 1.92. The summed E-state index contributed by atoms with van der Waals surface area (Å²) in [4.78, 5) is 25.2. The molecule has 176 valence electrons. The first-order valence-corrected chi connectivity index (χ1v) is 8.54. The van der Waals surface area contributed by atoms with Crippen LogP contribution in [0, 0.1) is 30.2 Å². The van der Waals surface area contributed by atoms with Crippen molar-refractivity contribution in [2.24, 2.45) is 0 Å². The van der Waals surface area contributed by atoms with Gasteiger partial charge in [-0.25, -0.2) is 22.2 Å². The quantitative estimate of drug-likeness (QED) is 0.311. The standard InChI is InChI=1S/C19H8F10N2O2/c1-6-9(16(32)7-2-4-8(5-3-7)18(24,25)26)17(33)31(30-6)15-13(22)11(20)10(19(27,28)29)12(21)14(15)23/h2-5,30H,1H3. The Morgan fingerprint density at radius 3 is 1.73 bits per heavy atom. The van der Waals surface area contributed by atoms with E-state index in [0.29, 0.717) is 24.3 Å². The first-order valence-electron chi connectivity index (χ1n) is 8.54. The van der Waals surface area contributed by atoms with Crippen molar-refractivity contribution in [2.75, 3.05) is 0 Å². The van der Waals surface area contributed by atoms with Crippen LogP contribution in [0.5, 0.6) is 0 Å². The second kappa shape index (κ2) is 7.78. The van der Waals surface area contributed by atoms with Gasteiger partial charge in [0.15, 0.2) is 29.1 Å². The summed E-state index contributed by atoms with van der Waals surface area (Å²) in [6.45, 7) is 1.00. The van der Waals surface area contributed by atoms with E-state index in [1.807, 2.05) is 5.10 Å². The lowest BCUT2D eigenvalue weighted by Gasteiger charge is -2.14. The van der Waals surface area contributed by atoms with E-state index < -0.39 is 80.6 Å². The van der Waals surface area contributed by atoms with Crippen LogP contribution in [0.25, 0.3) is 5.69 Å². The maximum absolute atomic E-state index is 14.3. The number of H-pyrrole nitrogens is 1. The first kappa shape index (κ1) is 24.1. The summed E-state index contributed by atoms with van der Waals surface area (Å²) < 4.78 is 132. The van der Waals surface area contributed by atoms with Gasteiger partial charge in [-0.3, -0.25) is 14.7 Å². The Labute approximate surface area is 176 Å². The molecule has 2 aromatic carbocycles. The molecule has 33 heavy (non-hydrogen) atoms. The van der Waals surface area contributed by atoms with Gasteiger partial charge in [-0.1, -0.05) is 12.1 Å². The molecule has 0 amide bonds. The molecule has 1 aromatic heterocycles. The maximum atomic E-state index is 14.3. The minimum absolute atomic E-state index is 0.219. The largest absolute Gasteiger partial charge is 0.422 e. The molecule has 0 spiro atoms. The molecule has 0 aliphatic rings. The fraction of sp³-hybridized carbons (Fsp3) is 0.158. The van der Waals surface area contributed by atoms with Gasteiger partial charge in [0.1, 0.15) is 16.8 Å². The smallest absolute Gasteiger partial charge is 0.294 e. The fourth-order valence-corrected chi connectivity index (χ4v) is 2.99. The SMILES string of the molecule is Cc1[nH]n(-c2c(F)c(F)c(C(F)(F)F)c(F)c2F)c(=O)c1C(=O)c1ccc(C(F)(F)F)cc1. The lowest BCUT2D eigenvalue weighted by Crippen LogP contribution is -2.25. The van der Waals surface area contributed by atoms with Crippen LogP contribution in [0.4, 0.5) is 43.9 Å². The Morgan fingerprint density at radius 1 is 0.818 bits per heavy atom. The summed E-state index contributed by atoms with van der Waals surface area (Å²) in [7, 11) is 0.